The van der Waals surface area contributed by atoms with Crippen LogP contribution < -0.4 is 20.7 Å². The maximum Gasteiger partial charge on any atom is 0.333 e. The van der Waals surface area contributed by atoms with Crippen LogP contribution in [0.4, 0.5) is 11.4 Å². The van der Waals surface area contributed by atoms with E-state index in [-0.39, 0.29) is 12.1 Å². The van der Waals surface area contributed by atoms with E-state index in [1.54, 1.807) is 6.92 Å². The number of fused-ring (bicyclic) bond motifs is 1. The second-order valence-corrected chi connectivity index (χ2v) is 11.3. The van der Waals surface area contributed by atoms with Gasteiger partial charge in [0.2, 0.25) is 0 Å². The minimum absolute atomic E-state index is 0.0265. The Morgan fingerprint density at radius 2 is 1.50 bits per heavy atom. The highest BCUT2D eigenvalue weighted by molar-refractivity contribution is 6.03. The van der Waals surface area contributed by atoms with Gasteiger partial charge in [0.25, 0.3) is 0 Å². The largest absolute Gasteiger partial charge is 0.459 e. The van der Waals surface area contributed by atoms with Crippen LogP contribution in [0.5, 0.6) is 0 Å². The lowest BCUT2D eigenvalue weighted by molar-refractivity contribution is -0.145. The predicted molar refractivity (Wildman–Crippen MR) is 177 cm³/mol. The predicted octanol–water partition coefficient (Wildman–Crippen LogP) is 7.19. The molecule has 0 aromatic heterocycles. The molecule has 1 saturated carbocycles. The molecular weight excluding hydrogens is 516 g/mol. The molecule has 42 heavy (non-hydrogen) atoms. The van der Waals surface area contributed by atoms with Crippen molar-refractivity contribution < 1.29 is 9.53 Å². The van der Waals surface area contributed by atoms with Crippen molar-refractivity contribution in [2.45, 2.75) is 58.6 Å². The molecule has 1 aliphatic rings. The Kier molecular flexibility index (Phi) is 9.12. The van der Waals surface area contributed by atoms with Crippen LogP contribution in [0, 0.1) is 0 Å². The van der Waals surface area contributed by atoms with E-state index in [0.29, 0.717) is 11.6 Å². The van der Waals surface area contributed by atoms with Crippen LogP contribution in [-0.2, 0) is 9.53 Å². The molecule has 1 N–H and O–H groups in total. The normalized spacial score (nSPS) is 16.5. The van der Waals surface area contributed by atoms with Crippen LogP contribution in [0.15, 0.2) is 97.1 Å². The molecule has 4 heteroatoms. The highest BCUT2D eigenvalue weighted by Crippen LogP contribution is 2.35. The molecule has 0 aliphatic heterocycles. The molecule has 0 saturated heterocycles. The third kappa shape index (κ3) is 6.44. The number of hydrogen-bond acceptors (Lipinski definition) is 4. The minimum Gasteiger partial charge on any atom is -0.459 e. The van der Waals surface area contributed by atoms with Crippen molar-refractivity contribution in [2.75, 3.05) is 23.3 Å². The van der Waals surface area contributed by atoms with Gasteiger partial charge in [-0.2, -0.15) is 0 Å². The fraction of sp³-hybridized carbons (Fsp3) is 0.289. The van der Waals surface area contributed by atoms with E-state index >= 15 is 0 Å². The van der Waals surface area contributed by atoms with Gasteiger partial charge in [0.05, 0.1) is 0 Å². The van der Waals surface area contributed by atoms with Gasteiger partial charge in [-0.15, -0.1) is 0 Å². The number of anilines is 2. The van der Waals surface area contributed by atoms with Crippen LogP contribution in [0.1, 0.15) is 57.6 Å². The van der Waals surface area contributed by atoms with Crippen molar-refractivity contribution in [3.63, 3.8) is 0 Å². The third-order valence-corrected chi connectivity index (χ3v) is 8.38. The first-order valence-corrected chi connectivity index (χ1v) is 15.2. The lowest BCUT2D eigenvalue weighted by Gasteiger charge is -2.30. The summed E-state index contributed by atoms with van der Waals surface area (Å²) in [6.45, 7) is 15.9. The summed E-state index contributed by atoms with van der Waals surface area (Å²) in [7, 11) is 0. The summed E-state index contributed by atoms with van der Waals surface area (Å²) >= 11 is 0. The van der Waals surface area contributed by atoms with Crippen LogP contribution in [0.3, 0.4) is 0 Å². The summed E-state index contributed by atoms with van der Waals surface area (Å²) in [5, 5.41) is 8.42. The van der Waals surface area contributed by atoms with E-state index in [0.717, 1.165) is 49.7 Å². The van der Waals surface area contributed by atoms with Crippen LogP contribution >= 0.6 is 0 Å². The SMILES string of the molecule is C=C(C)C(=O)OC1CCC(Nc2ccc(C(c3ccc(N(CC)CC)cc3)=c3ccc(=C)cc3)c3ccccc23)CC1. The van der Waals surface area contributed by atoms with Gasteiger partial charge < -0.3 is 15.0 Å². The number of carbonyl (C=O) groups is 1. The van der Waals surface area contributed by atoms with Gasteiger partial charge >= 0.3 is 5.97 Å². The molecule has 4 aromatic carbocycles. The zero-order valence-corrected chi connectivity index (χ0v) is 25.2. The van der Waals surface area contributed by atoms with E-state index in [1.807, 2.05) is 0 Å². The fourth-order valence-corrected chi connectivity index (χ4v) is 6.02. The minimum atomic E-state index is -0.285. The van der Waals surface area contributed by atoms with E-state index < -0.39 is 0 Å². The van der Waals surface area contributed by atoms with Gasteiger partial charge in [0.1, 0.15) is 6.10 Å². The number of nitrogens with zero attached hydrogens (tertiary/aromatic N) is 1. The number of nitrogens with one attached hydrogen (secondary N) is 1. The van der Waals surface area contributed by atoms with Crippen molar-refractivity contribution in [3.05, 3.63) is 119 Å². The molecule has 1 aliphatic carbocycles. The van der Waals surface area contributed by atoms with E-state index in [9.17, 15) is 4.79 Å². The molecule has 4 nitrogen and oxygen atoms in total. The highest BCUT2D eigenvalue weighted by atomic mass is 16.5. The van der Waals surface area contributed by atoms with Gasteiger partial charge in [-0.25, -0.2) is 4.79 Å². The molecule has 0 heterocycles. The molecule has 4 aromatic rings. The zero-order chi connectivity index (χ0) is 29.6. The Balaban J connectivity index is 1.50. The summed E-state index contributed by atoms with van der Waals surface area (Å²) in [6, 6.07) is 31.0. The molecule has 1 fully saturated rings. The number of hydrogen-bond donors (Lipinski definition) is 1. The molecule has 0 radical (unpaired) electrons. The number of esters is 1. The number of carbonyl (C=O) groups excluding carboxylic acids is 1. The molecule has 0 atom stereocenters. The van der Waals surface area contributed by atoms with Crippen LogP contribution in [-0.4, -0.2) is 31.2 Å². The first kappa shape index (κ1) is 29.2. The van der Waals surface area contributed by atoms with Gasteiger partial charge in [0, 0.05) is 41.5 Å². The van der Waals surface area contributed by atoms with Crippen LogP contribution in [0.2, 0.25) is 0 Å². The smallest absolute Gasteiger partial charge is 0.333 e. The first-order chi connectivity index (χ1) is 20.4. The molecule has 0 bridgehead atoms. The second kappa shape index (κ2) is 13.1. The van der Waals surface area contributed by atoms with Crippen molar-refractivity contribution in [3.8, 4) is 0 Å². The molecule has 0 spiro atoms. The Morgan fingerprint density at radius 1 is 0.857 bits per heavy atom. The standard InChI is InChI=1S/C38H42N2O2/c1-6-40(7-2)31-20-16-29(17-21-31)37(28-14-12-27(5)13-15-28)35-24-25-36(34-11-9-8-10-33(34)35)39-30-18-22-32(23-19-30)42-38(41)26(3)4/h8-17,20-21,24-25,30,32,39H,3,5-7,18-19,22-23H2,1-2,4H3. The number of ether oxygens (including phenoxy) is 1. The monoisotopic (exact) mass is 558 g/mol. The topological polar surface area (TPSA) is 41.6 Å². The average Bonchev–Trinajstić information content (AvgIpc) is 3.01. The zero-order valence-electron chi connectivity index (χ0n) is 25.2. The third-order valence-electron chi connectivity index (χ3n) is 8.38. The van der Waals surface area contributed by atoms with Crippen molar-refractivity contribution in [2.24, 2.45) is 0 Å². The summed E-state index contributed by atoms with van der Waals surface area (Å²) in [5.74, 6) is -0.285. The van der Waals surface area contributed by atoms with Crippen molar-refractivity contribution in [1.29, 1.82) is 0 Å². The number of benzene rings is 4. The van der Waals surface area contributed by atoms with Gasteiger partial charge in [-0.1, -0.05) is 79.9 Å². The Labute approximate surface area is 250 Å². The number of rotatable bonds is 9. The molecular formula is C38H42N2O2. The second-order valence-electron chi connectivity index (χ2n) is 11.3. The Bertz CT molecular complexity index is 1650. The average molecular weight is 559 g/mol. The highest BCUT2D eigenvalue weighted by Gasteiger charge is 2.24. The van der Waals surface area contributed by atoms with E-state index in [2.05, 4.69) is 122 Å². The summed E-state index contributed by atoms with van der Waals surface area (Å²) in [5.41, 5.74) is 6.45. The summed E-state index contributed by atoms with van der Waals surface area (Å²) in [4.78, 5) is 14.3. The van der Waals surface area contributed by atoms with E-state index in [4.69, 9.17) is 4.74 Å². The molecule has 5 rings (SSSR count). The van der Waals surface area contributed by atoms with Crippen molar-refractivity contribution >= 4 is 40.3 Å². The maximum atomic E-state index is 12.0. The lowest BCUT2D eigenvalue weighted by Crippen LogP contribution is -2.31. The summed E-state index contributed by atoms with van der Waals surface area (Å²) < 4.78 is 5.61. The van der Waals surface area contributed by atoms with Gasteiger partial charge in [0.15, 0.2) is 0 Å². The van der Waals surface area contributed by atoms with Gasteiger partial charge in [-0.3, -0.25) is 0 Å². The molecule has 216 valence electrons. The van der Waals surface area contributed by atoms with E-state index in [1.165, 1.54) is 38.4 Å². The Hall–Kier alpha value is -4.31. The lowest BCUT2D eigenvalue weighted by atomic mass is 9.89. The van der Waals surface area contributed by atoms with Crippen molar-refractivity contribution in [1.82, 2.24) is 0 Å². The first-order valence-electron chi connectivity index (χ1n) is 15.2. The Morgan fingerprint density at radius 3 is 2.12 bits per heavy atom. The fourth-order valence-electron chi connectivity index (χ4n) is 6.02. The maximum absolute atomic E-state index is 12.0. The van der Waals surface area contributed by atoms with Crippen LogP contribution in [0.25, 0.3) is 22.9 Å². The molecule has 0 amide bonds. The van der Waals surface area contributed by atoms with Gasteiger partial charge in [-0.05, 0) is 97.2 Å². The summed E-state index contributed by atoms with van der Waals surface area (Å²) in [6.07, 6.45) is 3.60. The molecule has 0 unspecified atom stereocenters. The quantitative estimate of drug-likeness (QED) is 0.174.